The van der Waals surface area contributed by atoms with E-state index >= 15 is 0 Å². The molecule has 1 nitrogen and oxygen atoms in total. The van der Waals surface area contributed by atoms with E-state index in [4.69, 9.17) is 0 Å². The molecule has 0 heterocycles. The van der Waals surface area contributed by atoms with Crippen LogP contribution in [0.25, 0.3) is 0 Å². The predicted octanol–water partition coefficient (Wildman–Crippen LogP) is 4.32. The highest BCUT2D eigenvalue weighted by molar-refractivity contribution is 9.10. The minimum atomic E-state index is -0.182. The van der Waals surface area contributed by atoms with Crippen LogP contribution in [0.2, 0.25) is 0 Å². The van der Waals surface area contributed by atoms with E-state index in [1.54, 1.807) is 0 Å². The molecule has 0 aliphatic carbocycles. The van der Waals surface area contributed by atoms with Crippen molar-refractivity contribution in [3.63, 3.8) is 0 Å². The Labute approximate surface area is 107 Å². The SMILES string of the molecule is CCCCCCC(O)Cc1ccc(Br)cc1. The normalized spacial score (nSPS) is 12.7. The molecular formula is C14H21BrO. The molecule has 0 spiro atoms. The minimum absolute atomic E-state index is 0.182. The molecule has 1 rings (SSSR count). The maximum atomic E-state index is 9.86. The van der Waals surface area contributed by atoms with Gasteiger partial charge in [0.25, 0.3) is 0 Å². The standard InChI is InChI=1S/C14H21BrO/c1-2-3-4-5-6-14(16)11-12-7-9-13(15)10-8-12/h7-10,14,16H,2-6,11H2,1H3. The molecule has 1 atom stereocenters. The fourth-order valence-electron chi connectivity index (χ4n) is 1.80. The third-order valence-corrected chi connectivity index (χ3v) is 3.30. The van der Waals surface area contributed by atoms with Gasteiger partial charge in [-0.15, -0.1) is 0 Å². The van der Waals surface area contributed by atoms with Gasteiger partial charge in [-0.1, -0.05) is 60.7 Å². The molecule has 0 radical (unpaired) electrons. The summed E-state index contributed by atoms with van der Waals surface area (Å²) in [7, 11) is 0. The quantitative estimate of drug-likeness (QED) is 0.740. The Kier molecular flexibility index (Phi) is 6.74. The maximum absolute atomic E-state index is 9.86. The van der Waals surface area contributed by atoms with Crippen molar-refractivity contribution in [1.82, 2.24) is 0 Å². The van der Waals surface area contributed by atoms with Crippen molar-refractivity contribution in [1.29, 1.82) is 0 Å². The lowest BCUT2D eigenvalue weighted by atomic mass is 10.0. The largest absolute Gasteiger partial charge is 0.393 e. The predicted molar refractivity (Wildman–Crippen MR) is 72.6 cm³/mol. The fraction of sp³-hybridized carbons (Fsp3) is 0.571. The van der Waals surface area contributed by atoms with Crippen molar-refractivity contribution in [2.24, 2.45) is 0 Å². The van der Waals surface area contributed by atoms with Crippen molar-refractivity contribution in [3.05, 3.63) is 34.3 Å². The third-order valence-electron chi connectivity index (χ3n) is 2.78. The van der Waals surface area contributed by atoms with Gasteiger partial charge in [0.15, 0.2) is 0 Å². The van der Waals surface area contributed by atoms with Crippen molar-refractivity contribution in [2.45, 2.75) is 51.6 Å². The van der Waals surface area contributed by atoms with Gasteiger partial charge < -0.3 is 5.11 Å². The van der Waals surface area contributed by atoms with Crippen LogP contribution >= 0.6 is 15.9 Å². The second-order valence-electron chi connectivity index (χ2n) is 4.33. The summed E-state index contributed by atoms with van der Waals surface area (Å²) in [5, 5.41) is 9.86. The third kappa shape index (κ3) is 5.66. The molecule has 0 aliphatic rings. The molecule has 1 N–H and O–H groups in total. The zero-order chi connectivity index (χ0) is 11.8. The molecule has 2 heteroatoms. The highest BCUT2D eigenvalue weighted by Crippen LogP contribution is 2.14. The zero-order valence-corrected chi connectivity index (χ0v) is 11.5. The molecule has 0 bridgehead atoms. The van der Waals surface area contributed by atoms with Crippen molar-refractivity contribution < 1.29 is 5.11 Å². The first kappa shape index (κ1) is 13.7. The Hall–Kier alpha value is -0.340. The van der Waals surface area contributed by atoms with E-state index in [1.165, 1.54) is 24.8 Å². The van der Waals surface area contributed by atoms with Crippen LogP contribution in [0, 0.1) is 0 Å². The summed E-state index contributed by atoms with van der Waals surface area (Å²) in [6.07, 6.45) is 6.45. The molecule has 1 aromatic carbocycles. The van der Waals surface area contributed by atoms with Gasteiger partial charge in [0.2, 0.25) is 0 Å². The Bertz CT molecular complexity index is 281. The summed E-state index contributed by atoms with van der Waals surface area (Å²) in [5.41, 5.74) is 1.21. The van der Waals surface area contributed by atoms with Crippen molar-refractivity contribution in [2.75, 3.05) is 0 Å². The Morgan fingerprint density at radius 3 is 2.44 bits per heavy atom. The van der Waals surface area contributed by atoms with Gasteiger partial charge >= 0.3 is 0 Å². The Balaban J connectivity index is 2.23. The molecule has 0 amide bonds. The molecule has 16 heavy (non-hydrogen) atoms. The molecule has 0 aliphatic heterocycles. The molecule has 0 saturated heterocycles. The summed E-state index contributed by atoms with van der Waals surface area (Å²) in [5.74, 6) is 0. The second kappa shape index (κ2) is 7.86. The summed E-state index contributed by atoms with van der Waals surface area (Å²) < 4.78 is 1.09. The minimum Gasteiger partial charge on any atom is -0.393 e. The average Bonchev–Trinajstić information content (AvgIpc) is 2.28. The van der Waals surface area contributed by atoms with Gasteiger partial charge in [-0.3, -0.25) is 0 Å². The van der Waals surface area contributed by atoms with Crippen LogP contribution < -0.4 is 0 Å². The van der Waals surface area contributed by atoms with Gasteiger partial charge in [0.05, 0.1) is 6.10 Å². The first-order chi connectivity index (χ1) is 7.72. The topological polar surface area (TPSA) is 20.2 Å². The van der Waals surface area contributed by atoms with E-state index in [9.17, 15) is 5.11 Å². The number of benzene rings is 1. The summed E-state index contributed by atoms with van der Waals surface area (Å²) in [6, 6.07) is 8.19. The average molecular weight is 285 g/mol. The number of aliphatic hydroxyl groups is 1. The second-order valence-corrected chi connectivity index (χ2v) is 5.25. The zero-order valence-electron chi connectivity index (χ0n) is 9.95. The van der Waals surface area contributed by atoms with Crippen molar-refractivity contribution in [3.8, 4) is 0 Å². The van der Waals surface area contributed by atoms with Crippen molar-refractivity contribution >= 4 is 15.9 Å². The number of aliphatic hydroxyl groups excluding tert-OH is 1. The summed E-state index contributed by atoms with van der Waals surface area (Å²) in [4.78, 5) is 0. The van der Waals surface area contributed by atoms with Gasteiger partial charge in [-0.2, -0.15) is 0 Å². The van der Waals surface area contributed by atoms with Gasteiger partial charge in [0, 0.05) is 4.47 Å². The van der Waals surface area contributed by atoms with Crippen LogP contribution in [-0.2, 0) is 6.42 Å². The van der Waals surface area contributed by atoms with Gasteiger partial charge in [-0.25, -0.2) is 0 Å². The molecule has 90 valence electrons. The van der Waals surface area contributed by atoms with Crippen LogP contribution in [0.3, 0.4) is 0 Å². The van der Waals surface area contributed by atoms with Crippen LogP contribution in [0.15, 0.2) is 28.7 Å². The number of hydrogen-bond acceptors (Lipinski definition) is 1. The first-order valence-electron chi connectivity index (χ1n) is 6.15. The van der Waals surface area contributed by atoms with E-state index in [1.807, 2.05) is 12.1 Å². The Morgan fingerprint density at radius 1 is 1.12 bits per heavy atom. The number of rotatable bonds is 7. The molecule has 0 fully saturated rings. The van der Waals surface area contributed by atoms with E-state index in [0.717, 1.165) is 23.7 Å². The number of hydrogen-bond donors (Lipinski definition) is 1. The van der Waals surface area contributed by atoms with Crippen LogP contribution in [0.1, 0.15) is 44.6 Å². The molecular weight excluding hydrogens is 264 g/mol. The fourth-order valence-corrected chi connectivity index (χ4v) is 2.07. The number of halogens is 1. The maximum Gasteiger partial charge on any atom is 0.0580 e. The van der Waals surface area contributed by atoms with Crippen LogP contribution in [0.4, 0.5) is 0 Å². The lowest BCUT2D eigenvalue weighted by molar-refractivity contribution is 0.161. The van der Waals surface area contributed by atoms with Gasteiger partial charge in [-0.05, 0) is 30.5 Å². The molecule has 0 aromatic heterocycles. The smallest absolute Gasteiger partial charge is 0.0580 e. The highest BCUT2D eigenvalue weighted by atomic mass is 79.9. The van der Waals surface area contributed by atoms with Crippen LogP contribution in [-0.4, -0.2) is 11.2 Å². The Morgan fingerprint density at radius 2 is 1.81 bits per heavy atom. The molecule has 0 saturated carbocycles. The van der Waals surface area contributed by atoms with E-state index in [0.29, 0.717) is 0 Å². The lowest BCUT2D eigenvalue weighted by Crippen LogP contribution is -2.10. The van der Waals surface area contributed by atoms with Crippen LogP contribution in [0.5, 0.6) is 0 Å². The summed E-state index contributed by atoms with van der Waals surface area (Å²) >= 11 is 3.41. The lowest BCUT2D eigenvalue weighted by Gasteiger charge is -2.10. The first-order valence-corrected chi connectivity index (χ1v) is 6.94. The molecule has 1 aromatic rings. The van der Waals surface area contributed by atoms with E-state index < -0.39 is 0 Å². The van der Waals surface area contributed by atoms with E-state index in [-0.39, 0.29) is 6.10 Å². The molecule has 1 unspecified atom stereocenters. The monoisotopic (exact) mass is 284 g/mol. The van der Waals surface area contributed by atoms with E-state index in [2.05, 4.69) is 35.0 Å². The highest BCUT2D eigenvalue weighted by Gasteiger charge is 2.05. The summed E-state index contributed by atoms with van der Waals surface area (Å²) in [6.45, 7) is 2.21. The van der Waals surface area contributed by atoms with Gasteiger partial charge in [0.1, 0.15) is 0 Å². The number of unbranched alkanes of at least 4 members (excludes halogenated alkanes) is 3.